The van der Waals surface area contributed by atoms with Crippen molar-refractivity contribution >= 4 is 5.97 Å². The molecule has 0 unspecified atom stereocenters. The van der Waals surface area contributed by atoms with Crippen LogP contribution in [0.25, 0.3) is 0 Å². The van der Waals surface area contributed by atoms with E-state index in [1.54, 1.807) is 0 Å². The topological polar surface area (TPSA) is 38.8 Å². The van der Waals surface area contributed by atoms with E-state index in [4.69, 9.17) is 9.47 Å². The third kappa shape index (κ3) is 4.46. The van der Waals surface area contributed by atoms with E-state index in [0.717, 1.165) is 6.54 Å². The fourth-order valence-electron chi connectivity index (χ4n) is 3.43. The van der Waals surface area contributed by atoms with Gasteiger partial charge in [-0.1, -0.05) is 12.8 Å². The first-order chi connectivity index (χ1) is 9.24. The molecule has 110 valence electrons. The SMILES string of the molecule is CCOC(=O)COCCN1CCC2(CCCC2)CC1. The van der Waals surface area contributed by atoms with E-state index in [9.17, 15) is 4.79 Å². The quantitative estimate of drug-likeness (QED) is 0.547. The summed E-state index contributed by atoms with van der Waals surface area (Å²) < 4.78 is 10.2. The van der Waals surface area contributed by atoms with Crippen LogP contribution in [0.15, 0.2) is 0 Å². The van der Waals surface area contributed by atoms with Crippen LogP contribution in [0.4, 0.5) is 0 Å². The first kappa shape index (κ1) is 14.8. The molecule has 0 aromatic carbocycles. The molecule has 19 heavy (non-hydrogen) atoms. The Balaban J connectivity index is 1.55. The zero-order valence-electron chi connectivity index (χ0n) is 12.2. The molecule has 1 saturated heterocycles. The second-order valence-corrected chi connectivity index (χ2v) is 5.91. The fraction of sp³-hybridized carbons (Fsp3) is 0.933. The molecule has 1 saturated carbocycles. The summed E-state index contributed by atoms with van der Waals surface area (Å²) in [5.74, 6) is -0.258. The number of hydrogen-bond donors (Lipinski definition) is 0. The van der Waals surface area contributed by atoms with Gasteiger partial charge in [-0.25, -0.2) is 4.79 Å². The first-order valence-electron chi connectivity index (χ1n) is 7.70. The summed E-state index contributed by atoms with van der Waals surface area (Å²) in [6, 6.07) is 0. The van der Waals surface area contributed by atoms with Crippen molar-refractivity contribution in [1.82, 2.24) is 4.90 Å². The molecule has 0 atom stereocenters. The molecule has 4 heteroatoms. The van der Waals surface area contributed by atoms with Crippen LogP contribution >= 0.6 is 0 Å². The van der Waals surface area contributed by atoms with Crippen molar-refractivity contribution in [2.24, 2.45) is 5.41 Å². The average molecular weight is 269 g/mol. The first-order valence-corrected chi connectivity index (χ1v) is 7.70. The lowest BCUT2D eigenvalue weighted by atomic mass is 9.77. The number of esters is 1. The Hall–Kier alpha value is -0.610. The molecule has 0 aromatic rings. The van der Waals surface area contributed by atoms with Crippen molar-refractivity contribution in [3.8, 4) is 0 Å². The predicted octanol–water partition coefficient (Wildman–Crippen LogP) is 2.22. The smallest absolute Gasteiger partial charge is 0.332 e. The molecule has 0 aromatic heterocycles. The van der Waals surface area contributed by atoms with Gasteiger partial charge in [0.2, 0.25) is 0 Å². The van der Waals surface area contributed by atoms with Crippen LogP contribution in [0.5, 0.6) is 0 Å². The summed E-state index contributed by atoms with van der Waals surface area (Å²) in [6.45, 7) is 6.29. The highest BCUT2D eigenvalue weighted by atomic mass is 16.6. The molecule has 1 aliphatic heterocycles. The van der Waals surface area contributed by atoms with Crippen LogP contribution in [0, 0.1) is 5.41 Å². The minimum absolute atomic E-state index is 0.0889. The Morgan fingerprint density at radius 2 is 1.84 bits per heavy atom. The van der Waals surface area contributed by atoms with E-state index < -0.39 is 0 Å². The van der Waals surface area contributed by atoms with E-state index in [-0.39, 0.29) is 12.6 Å². The van der Waals surface area contributed by atoms with Crippen LogP contribution in [-0.4, -0.2) is 50.3 Å². The molecule has 1 aliphatic carbocycles. The molecule has 0 N–H and O–H groups in total. The van der Waals surface area contributed by atoms with Crippen molar-refractivity contribution < 1.29 is 14.3 Å². The number of ether oxygens (including phenoxy) is 2. The fourth-order valence-corrected chi connectivity index (χ4v) is 3.43. The number of carbonyl (C=O) groups is 1. The lowest BCUT2D eigenvalue weighted by Gasteiger charge is -2.39. The summed E-state index contributed by atoms with van der Waals surface area (Å²) >= 11 is 0. The zero-order chi connectivity index (χ0) is 13.6. The molecule has 1 heterocycles. The maximum absolute atomic E-state index is 11.1. The van der Waals surface area contributed by atoms with Gasteiger partial charge >= 0.3 is 5.97 Å². The summed E-state index contributed by atoms with van der Waals surface area (Å²) in [4.78, 5) is 13.6. The Morgan fingerprint density at radius 3 is 2.47 bits per heavy atom. The largest absolute Gasteiger partial charge is 0.464 e. The molecular formula is C15H27NO3. The highest BCUT2D eigenvalue weighted by molar-refractivity contribution is 5.70. The Bertz CT molecular complexity index is 277. The van der Waals surface area contributed by atoms with Crippen LogP contribution in [0.3, 0.4) is 0 Å². The van der Waals surface area contributed by atoms with Crippen LogP contribution < -0.4 is 0 Å². The van der Waals surface area contributed by atoms with Crippen molar-refractivity contribution in [3.05, 3.63) is 0 Å². The van der Waals surface area contributed by atoms with Crippen LogP contribution in [0.2, 0.25) is 0 Å². The Morgan fingerprint density at radius 1 is 1.16 bits per heavy atom. The summed E-state index contributed by atoms with van der Waals surface area (Å²) in [5, 5.41) is 0. The van der Waals surface area contributed by atoms with Gasteiger partial charge in [-0.15, -0.1) is 0 Å². The van der Waals surface area contributed by atoms with Gasteiger partial charge < -0.3 is 14.4 Å². The van der Waals surface area contributed by atoms with Gasteiger partial charge in [0.15, 0.2) is 0 Å². The zero-order valence-corrected chi connectivity index (χ0v) is 12.2. The van der Waals surface area contributed by atoms with Crippen molar-refractivity contribution in [1.29, 1.82) is 0 Å². The predicted molar refractivity (Wildman–Crippen MR) is 74.0 cm³/mol. The molecule has 2 fully saturated rings. The molecule has 1 spiro atoms. The summed E-state index contributed by atoms with van der Waals surface area (Å²) in [6.07, 6.45) is 8.46. The van der Waals surface area contributed by atoms with E-state index in [2.05, 4.69) is 4.90 Å². The Labute approximate surface area is 116 Å². The molecule has 2 aliphatic rings. The number of piperidine rings is 1. The van der Waals surface area contributed by atoms with E-state index >= 15 is 0 Å². The van der Waals surface area contributed by atoms with Crippen molar-refractivity contribution in [2.45, 2.75) is 45.4 Å². The van der Waals surface area contributed by atoms with Gasteiger partial charge in [-0.05, 0) is 51.1 Å². The van der Waals surface area contributed by atoms with Gasteiger partial charge in [0, 0.05) is 6.54 Å². The standard InChI is InChI=1S/C15H27NO3/c1-2-19-14(17)13-18-12-11-16-9-7-15(8-10-16)5-3-4-6-15/h2-13H2,1H3. The molecule has 0 radical (unpaired) electrons. The molecule has 0 amide bonds. The van der Waals surface area contributed by atoms with Gasteiger partial charge in [0.1, 0.15) is 6.61 Å². The van der Waals surface area contributed by atoms with E-state index in [1.807, 2.05) is 6.92 Å². The maximum Gasteiger partial charge on any atom is 0.332 e. The monoisotopic (exact) mass is 269 g/mol. The highest BCUT2D eigenvalue weighted by Crippen LogP contribution is 2.45. The molecule has 0 bridgehead atoms. The molecule has 2 rings (SSSR count). The number of hydrogen-bond acceptors (Lipinski definition) is 4. The second-order valence-electron chi connectivity index (χ2n) is 5.91. The number of carbonyl (C=O) groups excluding carboxylic acids is 1. The third-order valence-corrected chi connectivity index (χ3v) is 4.66. The van der Waals surface area contributed by atoms with Crippen molar-refractivity contribution in [3.63, 3.8) is 0 Å². The highest BCUT2D eigenvalue weighted by Gasteiger charge is 2.36. The van der Waals surface area contributed by atoms with Gasteiger partial charge in [-0.2, -0.15) is 0 Å². The lowest BCUT2D eigenvalue weighted by molar-refractivity contribution is -0.148. The lowest BCUT2D eigenvalue weighted by Crippen LogP contribution is -2.40. The number of likely N-dealkylation sites (tertiary alicyclic amines) is 1. The number of nitrogens with zero attached hydrogens (tertiary/aromatic N) is 1. The van der Waals surface area contributed by atoms with Gasteiger partial charge in [-0.3, -0.25) is 0 Å². The second kappa shape index (κ2) is 7.25. The van der Waals surface area contributed by atoms with Gasteiger partial charge in [0.05, 0.1) is 13.2 Å². The third-order valence-electron chi connectivity index (χ3n) is 4.66. The average Bonchev–Trinajstić information content (AvgIpc) is 2.86. The maximum atomic E-state index is 11.1. The Kier molecular flexibility index (Phi) is 5.64. The van der Waals surface area contributed by atoms with Crippen LogP contribution in [-0.2, 0) is 14.3 Å². The van der Waals surface area contributed by atoms with E-state index in [0.29, 0.717) is 18.6 Å². The minimum Gasteiger partial charge on any atom is -0.464 e. The van der Waals surface area contributed by atoms with E-state index in [1.165, 1.54) is 51.6 Å². The summed E-state index contributed by atoms with van der Waals surface area (Å²) in [7, 11) is 0. The molecule has 4 nitrogen and oxygen atoms in total. The molecular weight excluding hydrogens is 242 g/mol. The minimum atomic E-state index is -0.258. The van der Waals surface area contributed by atoms with Crippen LogP contribution in [0.1, 0.15) is 45.4 Å². The normalized spacial score (nSPS) is 22.8. The summed E-state index contributed by atoms with van der Waals surface area (Å²) in [5.41, 5.74) is 0.683. The van der Waals surface area contributed by atoms with Crippen molar-refractivity contribution in [2.75, 3.05) is 39.5 Å². The number of rotatable bonds is 6. The van der Waals surface area contributed by atoms with Gasteiger partial charge in [0.25, 0.3) is 0 Å².